The van der Waals surface area contributed by atoms with Crippen LogP contribution >= 0.6 is 0 Å². The van der Waals surface area contributed by atoms with Crippen molar-refractivity contribution < 1.29 is 9.59 Å². The Morgan fingerprint density at radius 3 is 2.52 bits per heavy atom. The summed E-state index contributed by atoms with van der Waals surface area (Å²) in [6, 6.07) is 8.71. The Morgan fingerprint density at radius 1 is 1.22 bits per heavy atom. The summed E-state index contributed by atoms with van der Waals surface area (Å²) >= 11 is 0. The molecular formula is C16H21N5O2. The number of likely N-dealkylation sites (N-methyl/N-ethyl adjacent to an activating group) is 1. The quantitative estimate of drug-likeness (QED) is 0.837. The second-order valence-electron chi connectivity index (χ2n) is 5.62. The summed E-state index contributed by atoms with van der Waals surface area (Å²) in [7, 11) is 1.55. The Bertz CT molecular complexity index is 666. The van der Waals surface area contributed by atoms with E-state index in [2.05, 4.69) is 20.8 Å². The van der Waals surface area contributed by atoms with Crippen molar-refractivity contribution in [1.29, 1.82) is 0 Å². The molecule has 1 aromatic carbocycles. The van der Waals surface area contributed by atoms with Gasteiger partial charge >= 0.3 is 0 Å². The number of hydrogen-bond acceptors (Lipinski definition) is 4. The van der Waals surface area contributed by atoms with Gasteiger partial charge in [-0.05, 0) is 24.5 Å². The van der Waals surface area contributed by atoms with E-state index in [1.807, 2.05) is 44.2 Å². The van der Waals surface area contributed by atoms with Crippen molar-refractivity contribution in [2.45, 2.75) is 26.3 Å². The molecule has 0 bridgehead atoms. The Kier molecular flexibility index (Phi) is 5.46. The summed E-state index contributed by atoms with van der Waals surface area (Å²) in [6.07, 6.45) is 1.94. The van der Waals surface area contributed by atoms with E-state index >= 15 is 0 Å². The number of carbonyl (C=O) groups is 2. The maximum atomic E-state index is 12.3. The molecule has 23 heavy (non-hydrogen) atoms. The van der Waals surface area contributed by atoms with Crippen LogP contribution in [-0.4, -0.2) is 39.9 Å². The van der Waals surface area contributed by atoms with Crippen LogP contribution < -0.4 is 10.6 Å². The SMILES string of the molecule is CNC(=O)[C@@H](CC(C)C)NC(=O)c1cnn(-c2ccccc2)n1. The van der Waals surface area contributed by atoms with Gasteiger partial charge in [0.1, 0.15) is 6.04 Å². The van der Waals surface area contributed by atoms with Gasteiger partial charge in [-0.15, -0.1) is 5.10 Å². The predicted octanol–water partition coefficient (Wildman–Crippen LogP) is 1.16. The second kappa shape index (κ2) is 7.53. The molecule has 0 aliphatic rings. The van der Waals surface area contributed by atoms with Gasteiger partial charge in [0.25, 0.3) is 5.91 Å². The number of carbonyl (C=O) groups excluding carboxylic acids is 2. The lowest BCUT2D eigenvalue weighted by Gasteiger charge is -2.18. The minimum atomic E-state index is -0.589. The van der Waals surface area contributed by atoms with E-state index in [-0.39, 0.29) is 17.5 Å². The fourth-order valence-electron chi connectivity index (χ4n) is 2.16. The van der Waals surface area contributed by atoms with Gasteiger partial charge in [-0.25, -0.2) is 0 Å². The molecule has 0 fully saturated rings. The van der Waals surface area contributed by atoms with E-state index in [4.69, 9.17) is 0 Å². The van der Waals surface area contributed by atoms with Crippen LogP contribution in [0.4, 0.5) is 0 Å². The van der Waals surface area contributed by atoms with E-state index in [0.717, 1.165) is 5.69 Å². The average Bonchev–Trinajstić information content (AvgIpc) is 3.04. The average molecular weight is 315 g/mol. The molecule has 2 rings (SSSR count). The van der Waals surface area contributed by atoms with Crippen LogP contribution in [0.3, 0.4) is 0 Å². The van der Waals surface area contributed by atoms with Gasteiger partial charge < -0.3 is 10.6 Å². The van der Waals surface area contributed by atoms with Crippen LogP contribution in [0.25, 0.3) is 5.69 Å². The first-order valence-electron chi connectivity index (χ1n) is 7.51. The summed E-state index contributed by atoms with van der Waals surface area (Å²) in [5, 5.41) is 13.5. The number of aromatic nitrogens is 3. The minimum absolute atomic E-state index is 0.173. The van der Waals surface area contributed by atoms with Gasteiger partial charge in [-0.3, -0.25) is 9.59 Å². The number of nitrogens with one attached hydrogen (secondary N) is 2. The molecular weight excluding hydrogens is 294 g/mol. The maximum absolute atomic E-state index is 12.3. The third kappa shape index (κ3) is 4.38. The molecule has 2 aromatic rings. The normalized spacial score (nSPS) is 12.0. The Labute approximate surface area is 135 Å². The Morgan fingerprint density at radius 2 is 1.91 bits per heavy atom. The predicted molar refractivity (Wildman–Crippen MR) is 86.1 cm³/mol. The van der Waals surface area contributed by atoms with Crippen LogP contribution in [0.15, 0.2) is 36.5 Å². The van der Waals surface area contributed by atoms with Crippen LogP contribution in [0, 0.1) is 5.92 Å². The highest BCUT2D eigenvalue weighted by Gasteiger charge is 2.23. The molecule has 2 amide bonds. The molecule has 1 aromatic heterocycles. The fraction of sp³-hybridized carbons (Fsp3) is 0.375. The van der Waals surface area contributed by atoms with E-state index in [1.165, 1.54) is 11.0 Å². The maximum Gasteiger partial charge on any atom is 0.274 e. The molecule has 0 radical (unpaired) electrons. The van der Waals surface area contributed by atoms with Gasteiger partial charge in [-0.1, -0.05) is 32.0 Å². The first-order valence-corrected chi connectivity index (χ1v) is 7.51. The number of benzene rings is 1. The highest BCUT2D eigenvalue weighted by atomic mass is 16.2. The third-order valence-electron chi connectivity index (χ3n) is 3.29. The van der Waals surface area contributed by atoms with Gasteiger partial charge in [0, 0.05) is 7.05 Å². The van der Waals surface area contributed by atoms with Gasteiger partial charge in [0.15, 0.2) is 5.69 Å². The van der Waals surface area contributed by atoms with Crippen LogP contribution in [0.1, 0.15) is 30.8 Å². The molecule has 7 nitrogen and oxygen atoms in total. The van der Waals surface area contributed by atoms with Crippen LogP contribution in [0.2, 0.25) is 0 Å². The molecule has 0 unspecified atom stereocenters. The first kappa shape index (κ1) is 16.7. The van der Waals surface area contributed by atoms with Gasteiger partial charge in [0.2, 0.25) is 5.91 Å². The molecule has 0 saturated heterocycles. The van der Waals surface area contributed by atoms with Crippen molar-refractivity contribution >= 4 is 11.8 Å². The summed E-state index contributed by atoms with van der Waals surface area (Å²) < 4.78 is 0. The molecule has 0 saturated carbocycles. The number of rotatable bonds is 6. The van der Waals surface area contributed by atoms with Gasteiger partial charge in [0.05, 0.1) is 11.9 Å². The van der Waals surface area contributed by atoms with Crippen molar-refractivity contribution in [2.24, 2.45) is 5.92 Å². The highest BCUT2D eigenvalue weighted by molar-refractivity contribution is 5.95. The number of amides is 2. The summed E-state index contributed by atoms with van der Waals surface area (Å²) in [5.74, 6) is -0.360. The van der Waals surface area contributed by atoms with E-state index < -0.39 is 11.9 Å². The number of hydrogen-bond donors (Lipinski definition) is 2. The van der Waals surface area contributed by atoms with E-state index in [0.29, 0.717) is 6.42 Å². The van der Waals surface area contributed by atoms with Crippen molar-refractivity contribution in [3.63, 3.8) is 0 Å². The van der Waals surface area contributed by atoms with Crippen molar-refractivity contribution in [2.75, 3.05) is 7.05 Å². The highest BCUT2D eigenvalue weighted by Crippen LogP contribution is 2.07. The minimum Gasteiger partial charge on any atom is -0.357 e. The first-order chi connectivity index (χ1) is 11.0. The molecule has 0 spiro atoms. The smallest absolute Gasteiger partial charge is 0.274 e. The molecule has 0 aliphatic heterocycles. The molecule has 1 heterocycles. The van der Waals surface area contributed by atoms with Crippen molar-refractivity contribution in [3.05, 3.63) is 42.2 Å². The summed E-state index contributed by atoms with van der Waals surface area (Å²) in [5.41, 5.74) is 0.933. The van der Waals surface area contributed by atoms with Gasteiger partial charge in [-0.2, -0.15) is 9.90 Å². The Hall–Kier alpha value is -2.70. The van der Waals surface area contributed by atoms with E-state index in [1.54, 1.807) is 7.05 Å². The Balaban J connectivity index is 2.11. The zero-order valence-electron chi connectivity index (χ0n) is 13.5. The second-order valence-corrected chi connectivity index (χ2v) is 5.62. The summed E-state index contributed by atoms with van der Waals surface area (Å²) in [4.78, 5) is 25.5. The fourth-order valence-corrected chi connectivity index (χ4v) is 2.16. The topological polar surface area (TPSA) is 88.9 Å². The molecule has 0 aliphatic carbocycles. The third-order valence-corrected chi connectivity index (χ3v) is 3.29. The number of nitrogens with zero attached hydrogens (tertiary/aromatic N) is 3. The van der Waals surface area contributed by atoms with Crippen molar-refractivity contribution in [1.82, 2.24) is 25.6 Å². The van der Waals surface area contributed by atoms with Crippen LogP contribution in [-0.2, 0) is 4.79 Å². The molecule has 122 valence electrons. The van der Waals surface area contributed by atoms with Crippen LogP contribution in [0.5, 0.6) is 0 Å². The molecule has 1 atom stereocenters. The zero-order chi connectivity index (χ0) is 16.8. The number of para-hydroxylation sites is 1. The van der Waals surface area contributed by atoms with E-state index in [9.17, 15) is 9.59 Å². The van der Waals surface area contributed by atoms with Crippen molar-refractivity contribution in [3.8, 4) is 5.69 Å². The lowest BCUT2D eigenvalue weighted by molar-refractivity contribution is -0.122. The molecule has 2 N–H and O–H groups in total. The lowest BCUT2D eigenvalue weighted by atomic mass is 10.0. The monoisotopic (exact) mass is 315 g/mol. The lowest BCUT2D eigenvalue weighted by Crippen LogP contribution is -2.46. The zero-order valence-corrected chi connectivity index (χ0v) is 13.5. The summed E-state index contributed by atoms with van der Waals surface area (Å²) in [6.45, 7) is 3.99. The molecule has 7 heteroatoms. The largest absolute Gasteiger partial charge is 0.357 e. The standard InChI is InChI=1S/C16H21N5O2/c1-11(2)9-13(15(22)17-3)19-16(23)14-10-18-21(20-14)12-7-5-4-6-8-12/h4-8,10-11,13H,9H2,1-3H3,(H,17,22)(H,19,23)/t13-/m1/s1.